The molecule has 0 unspecified atom stereocenters. The van der Waals surface area contributed by atoms with E-state index in [-0.39, 0.29) is 0 Å². The number of nitrogens with zero attached hydrogens (tertiary/aromatic N) is 1. The molecule has 16 heavy (non-hydrogen) atoms. The van der Waals surface area contributed by atoms with Gasteiger partial charge in [0.2, 0.25) is 0 Å². The molecule has 0 aromatic heterocycles. The van der Waals surface area contributed by atoms with Gasteiger partial charge < -0.3 is 10.6 Å². The summed E-state index contributed by atoms with van der Waals surface area (Å²) < 4.78 is 0. The van der Waals surface area contributed by atoms with Crippen molar-refractivity contribution in [2.24, 2.45) is 4.99 Å². The lowest BCUT2D eigenvalue weighted by molar-refractivity contribution is 0.572. The van der Waals surface area contributed by atoms with Crippen molar-refractivity contribution in [3.63, 3.8) is 0 Å². The summed E-state index contributed by atoms with van der Waals surface area (Å²) in [7, 11) is 3.69. The van der Waals surface area contributed by atoms with Gasteiger partial charge in [0.15, 0.2) is 5.96 Å². The summed E-state index contributed by atoms with van der Waals surface area (Å²) in [6.45, 7) is 3.29. The maximum absolute atomic E-state index is 4.07. The fourth-order valence-corrected chi connectivity index (χ4v) is 1.74. The first-order valence-corrected chi connectivity index (χ1v) is 6.73. The number of hydrogen-bond donors (Lipinski definition) is 2. The van der Waals surface area contributed by atoms with Crippen LogP contribution in [0.5, 0.6) is 0 Å². The topological polar surface area (TPSA) is 36.4 Å². The second-order valence-electron chi connectivity index (χ2n) is 4.22. The fraction of sp³-hybridized carbons (Fsp3) is 0.923. The first-order valence-electron chi connectivity index (χ1n) is 6.73. The van der Waals surface area contributed by atoms with Gasteiger partial charge in [0.1, 0.15) is 0 Å². The maximum Gasteiger partial charge on any atom is 0.190 e. The quantitative estimate of drug-likeness (QED) is 0.361. The Morgan fingerprint density at radius 2 is 1.50 bits per heavy atom. The second kappa shape index (κ2) is 12.3. The van der Waals surface area contributed by atoms with Crippen LogP contribution >= 0.6 is 0 Å². The van der Waals surface area contributed by atoms with E-state index in [1.807, 2.05) is 7.05 Å². The average molecular weight is 227 g/mol. The number of hydrogen-bond acceptors (Lipinski definition) is 1. The summed E-state index contributed by atoms with van der Waals surface area (Å²) in [5.74, 6) is 0.892. The van der Waals surface area contributed by atoms with Crippen molar-refractivity contribution in [2.75, 3.05) is 20.6 Å². The predicted molar refractivity (Wildman–Crippen MR) is 73.0 cm³/mol. The highest BCUT2D eigenvalue weighted by molar-refractivity contribution is 5.79. The lowest BCUT2D eigenvalue weighted by Gasteiger charge is -2.07. The van der Waals surface area contributed by atoms with Crippen molar-refractivity contribution >= 4 is 5.96 Å². The van der Waals surface area contributed by atoms with Gasteiger partial charge in [-0.3, -0.25) is 4.99 Å². The van der Waals surface area contributed by atoms with Crippen molar-refractivity contribution in [2.45, 2.75) is 58.3 Å². The van der Waals surface area contributed by atoms with E-state index in [1.165, 1.54) is 51.4 Å². The molecule has 0 aromatic rings. The van der Waals surface area contributed by atoms with E-state index < -0.39 is 0 Å². The molecule has 0 fully saturated rings. The van der Waals surface area contributed by atoms with Gasteiger partial charge in [0, 0.05) is 20.6 Å². The molecule has 0 heterocycles. The van der Waals surface area contributed by atoms with Crippen LogP contribution in [0, 0.1) is 0 Å². The molecule has 0 amide bonds. The Bertz CT molecular complexity index is 167. The molecule has 3 nitrogen and oxygen atoms in total. The van der Waals surface area contributed by atoms with Crippen LogP contribution < -0.4 is 10.6 Å². The molecule has 0 saturated carbocycles. The van der Waals surface area contributed by atoms with Crippen molar-refractivity contribution in [3.05, 3.63) is 0 Å². The maximum atomic E-state index is 4.07. The van der Waals surface area contributed by atoms with Crippen LogP contribution in [0.15, 0.2) is 4.99 Å². The Hall–Kier alpha value is -0.730. The molecular weight excluding hydrogens is 198 g/mol. The van der Waals surface area contributed by atoms with Crippen LogP contribution in [0.25, 0.3) is 0 Å². The molecule has 2 N–H and O–H groups in total. The van der Waals surface area contributed by atoms with Crippen molar-refractivity contribution in [1.29, 1.82) is 0 Å². The molecule has 96 valence electrons. The molecule has 0 spiro atoms. The third-order valence-corrected chi connectivity index (χ3v) is 2.78. The van der Waals surface area contributed by atoms with Gasteiger partial charge in [-0.1, -0.05) is 51.9 Å². The largest absolute Gasteiger partial charge is 0.359 e. The predicted octanol–water partition coefficient (Wildman–Crippen LogP) is 2.92. The van der Waals surface area contributed by atoms with Crippen LogP contribution in [-0.2, 0) is 0 Å². The number of rotatable bonds is 9. The average Bonchev–Trinajstić information content (AvgIpc) is 2.32. The first kappa shape index (κ1) is 15.3. The molecule has 0 bridgehead atoms. The molecule has 0 radical (unpaired) electrons. The second-order valence-corrected chi connectivity index (χ2v) is 4.22. The summed E-state index contributed by atoms with van der Waals surface area (Å²) >= 11 is 0. The van der Waals surface area contributed by atoms with Crippen molar-refractivity contribution in [3.8, 4) is 0 Å². The normalized spacial score (nSPS) is 11.6. The number of unbranched alkanes of at least 4 members (excludes halogenated alkanes) is 7. The number of aliphatic imine (C=N–C) groups is 1. The molecule has 0 aliphatic heterocycles. The van der Waals surface area contributed by atoms with Gasteiger partial charge in [0.05, 0.1) is 0 Å². The van der Waals surface area contributed by atoms with Gasteiger partial charge in [-0.05, 0) is 6.42 Å². The van der Waals surface area contributed by atoms with Crippen LogP contribution in [-0.4, -0.2) is 26.6 Å². The molecule has 0 aliphatic carbocycles. The van der Waals surface area contributed by atoms with E-state index in [9.17, 15) is 0 Å². The van der Waals surface area contributed by atoms with Gasteiger partial charge >= 0.3 is 0 Å². The Balaban J connectivity index is 3.09. The summed E-state index contributed by atoms with van der Waals surface area (Å²) in [5, 5.41) is 6.29. The smallest absolute Gasteiger partial charge is 0.190 e. The van der Waals surface area contributed by atoms with E-state index in [1.54, 1.807) is 7.05 Å². The zero-order valence-electron chi connectivity index (χ0n) is 11.3. The Morgan fingerprint density at radius 1 is 0.938 bits per heavy atom. The molecule has 0 aromatic carbocycles. The van der Waals surface area contributed by atoms with E-state index in [0.717, 1.165) is 12.5 Å². The minimum absolute atomic E-state index is 0.892. The summed E-state index contributed by atoms with van der Waals surface area (Å²) in [5.41, 5.74) is 0. The minimum atomic E-state index is 0.892. The summed E-state index contributed by atoms with van der Waals surface area (Å²) in [6.07, 6.45) is 10.9. The van der Waals surface area contributed by atoms with Gasteiger partial charge in [-0.15, -0.1) is 0 Å². The lowest BCUT2D eigenvalue weighted by atomic mass is 10.1. The standard InChI is InChI=1S/C13H29N3/c1-4-5-6-7-8-9-10-11-12-16-13(14-2)15-3/h4-12H2,1-3H3,(H2,14,15,16). The number of guanidine groups is 1. The van der Waals surface area contributed by atoms with Crippen molar-refractivity contribution in [1.82, 2.24) is 10.6 Å². The van der Waals surface area contributed by atoms with Gasteiger partial charge in [0.25, 0.3) is 0 Å². The van der Waals surface area contributed by atoms with Gasteiger partial charge in [-0.25, -0.2) is 0 Å². The summed E-state index contributed by atoms with van der Waals surface area (Å²) in [6, 6.07) is 0. The molecule has 0 atom stereocenters. The molecule has 0 aliphatic rings. The molecule has 0 saturated heterocycles. The molecule has 3 heteroatoms. The van der Waals surface area contributed by atoms with Crippen molar-refractivity contribution < 1.29 is 0 Å². The van der Waals surface area contributed by atoms with E-state index in [0.29, 0.717) is 0 Å². The van der Waals surface area contributed by atoms with Crippen LogP contribution in [0.2, 0.25) is 0 Å². The highest BCUT2D eigenvalue weighted by Crippen LogP contribution is 2.07. The summed E-state index contributed by atoms with van der Waals surface area (Å²) in [4.78, 5) is 4.07. The fourth-order valence-electron chi connectivity index (χ4n) is 1.74. The zero-order valence-corrected chi connectivity index (χ0v) is 11.3. The van der Waals surface area contributed by atoms with Crippen LogP contribution in [0.3, 0.4) is 0 Å². The first-order chi connectivity index (χ1) is 7.85. The minimum Gasteiger partial charge on any atom is -0.359 e. The monoisotopic (exact) mass is 227 g/mol. The Kier molecular flexibility index (Phi) is 11.8. The third-order valence-electron chi connectivity index (χ3n) is 2.78. The van der Waals surface area contributed by atoms with E-state index in [2.05, 4.69) is 22.5 Å². The van der Waals surface area contributed by atoms with Crippen LogP contribution in [0.4, 0.5) is 0 Å². The van der Waals surface area contributed by atoms with Crippen LogP contribution in [0.1, 0.15) is 58.3 Å². The van der Waals surface area contributed by atoms with Gasteiger partial charge in [-0.2, -0.15) is 0 Å². The van der Waals surface area contributed by atoms with E-state index in [4.69, 9.17) is 0 Å². The number of nitrogens with one attached hydrogen (secondary N) is 2. The Morgan fingerprint density at radius 3 is 2.00 bits per heavy atom. The van der Waals surface area contributed by atoms with E-state index >= 15 is 0 Å². The molecular formula is C13H29N3. The molecule has 0 rings (SSSR count). The highest BCUT2D eigenvalue weighted by atomic mass is 15.1. The highest BCUT2D eigenvalue weighted by Gasteiger charge is 1.93. The zero-order chi connectivity index (χ0) is 12.1. The lowest BCUT2D eigenvalue weighted by Crippen LogP contribution is -2.35. The Labute approximate surface area is 101 Å². The third kappa shape index (κ3) is 9.81. The SMILES string of the molecule is CCCCCCCCCCNC(=NC)NC.